The molecule has 18 heavy (non-hydrogen) atoms. The third kappa shape index (κ3) is 4.15. The van der Waals surface area contributed by atoms with Gasteiger partial charge in [0.1, 0.15) is 12.1 Å². The summed E-state index contributed by atoms with van der Waals surface area (Å²) in [7, 11) is 0. The number of nitrogens with one attached hydrogen (secondary N) is 1. The van der Waals surface area contributed by atoms with E-state index in [-0.39, 0.29) is 0 Å². The van der Waals surface area contributed by atoms with Gasteiger partial charge in [0.2, 0.25) is 11.8 Å². The van der Waals surface area contributed by atoms with Crippen LogP contribution < -0.4 is 16.8 Å². The molecule has 0 heterocycles. The molecule has 6 heteroatoms. The Bertz CT molecular complexity index is 408. The Morgan fingerprint density at radius 1 is 1.28 bits per heavy atom. The highest BCUT2D eigenvalue weighted by Crippen LogP contribution is 2.03. The first-order valence-electron chi connectivity index (χ1n) is 5.54. The molecule has 1 rings (SSSR count). The van der Waals surface area contributed by atoms with Crippen LogP contribution in [0.2, 0.25) is 0 Å². The van der Waals surface area contributed by atoms with Gasteiger partial charge in [-0.2, -0.15) is 0 Å². The minimum absolute atomic E-state index is 0.292. The Morgan fingerprint density at radius 2 is 1.89 bits per heavy atom. The van der Waals surface area contributed by atoms with E-state index in [9.17, 15) is 9.59 Å². The first-order chi connectivity index (χ1) is 8.54. The van der Waals surface area contributed by atoms with E-state index < -0.39 is 30.5 Å². The highest BCUT2D eigenvalue weighted by atomic mass is 16.3. The number of hydrogen-bond acceptors (Lipinski definition) is 4. The number of aliphatic hydroxyl groups excluding tert-OH is 1. The van der Waals surface area contributed by atoms with Gasteiger partial charge < -0.3 is 21.9 Å². The molecule has 2 atom stereocenters. The van der Waals surface area contributed by atoms with Crippen molar-refractivity contribution in [3.05, 3.63) is 35.9 Å². The van der Waals surface area contributed by atoms with Crippen LogP contribution in [-0.2, 0) is 16.0 Å². The third-order valence-electron chi connectivity index (χ3n) is 2.48. The van der Waals surface area contributed by atoms with E-state index in [1.54, 1.807) is 0 Å². The average molecular weight is 251 g/mol. The van der Waals surface area contributed by atoms with Crippen LogP contribution in [0.25, 0.3) is 0 Å². The molecule has 0 unspecified atom stereocenters. The summed E-state index contributed by atoms with van der Waals surface area (Å²) in [5.74, 6) is -1.24. The van der Waals surface area contributed by atoms with Crippen LogP contribution in [0.15, 0.2) is 30.3 Å². The maximum absolute atomic E-state index is 11.5. The molecule has 0 radical (unpaired) electrons. The minimum Gasteiger partial charge on any atom is -0.394 e. The monoisotopic (exact) mass is 251 g/mol. The lowest BCUT2D eigenvalue weighted by Gasteiger charge is -2.17. The number of aliphatic hydroxyl groups is 1. The van der Waals surface area contributed by atoms with E-state index in [4.69, 9.17) is 16.6 Å². The largest absolute Gasteiger partial charge is 0.394 e. The second-order valence-corrected chi connectivity index (χ2v) is 3.94. The maximum Gasteiger partial charge on any atom is 0.240 e. The fourth-order valence-electron chi connectivity index (χ4n) is 1.43. The van der Waals surface area contributed by atoms with Gasteiger partial charge in [-0.15, -0.1) is 0 Å². The Kier molecular flexibility index (Phi) is 5.29. The molecule has 0 aliphatic heterocycles. The van der Waals surface area contributed by atoms with Gasteiger partial charge >= 0.3 is 0 Å². The summed E-state index contributed by atoms with van der Waals surface area (Å²) < 4.78 is 0. The van der Waals surface area contributed by atoms with Crippen LogP contribution in [0.1, 0.15) is 5.56 Å². The van der Waals surface area contributed by atoms with Crippen LogP contribution in [0.4, 0.5) is 0 Å². The zero-order chi connectivity index (χ0) is 13.5. The van der Waals surface area contributed by atoms with Crippen molar-refractivity contribution in [2.24, 2.45) is 11.5 Å². The van der Waals surface area contributed by atoms with Gasteiger partial charge in [-0.25, -0.2) is 0 Å². The van der Waals surface area contributed by atoms with Gasteiger partial charge in [-0.1, -0.05) is 30.3 Å². The predicted octanol–water partition coefficient (Wildman–Crippen LogP) is -1.48. The predicted molar refractivity (Wildman–Crippen MR) is 66.3 cm³/mol. The number of amides is 2. The average Bonchev–Trinajstić information content (AvgIpc) is 2.37. The summed E-state index contributed by atoms with van der Waals surface area (Å²) in [6, 6.07) is 7.27. The first-order valence-corrected chi connectivity index (χ1v) is 5.54. The quantitative estimate of drug-likeness (QED) is 0.493. The van der Waals surface area contributed by atoms with Crippen LogP contribution in [0.3, 0.4) is 0 Å². The Labute approximate surface area is 105 Å². The van der Waals surface area contributed by atoms with Crippen LogP contribution >= 0.6 is 0 Å². The fraction of sp³-hybridized carbons (Fsp3) is 0.333. The lowest BCUT2D eigenvalue weighted by Crippen LogP contribution is -2.52. The summed E-state index contributed by atoms with van der Waals surface area (Å²) in [5, 5.41) is 11.2. The number of rotatable bonds is 6. The van der Waals surface area contributed by atoms with Gasteiger partial charge in [-0.05, 0) is 5.56 Å². The topological polar surface area (TPSA) is 118 Å². The van der Waals surface area contributed by atoms with Gasteiger partial charge in [-0.3, -0.25) is 9.59 Å². The van der Waals surface area contributed by atoms with Crippen molar-refractivity contribution in [2.45, 2.75) is 18.5 Å². The zero-order valence-corrected chi connectivity index (χ0v) is 9.87. The molecule has 0 saturated heterocycles. The highest BCUT2D eigenvalue weighted by Gasteiger charge is 2.21. The highest BCUT2D eigenvalue weighted by molar-refractivity contribution is 5.89. The smallest absolute Gasteiger partial charge is 0.240 e. The van der Waals surface area contributed by atoms with E-state index in [1.807, 2.05) is 30.3 Å². The number of benzene rings is 1. The molecule has 98 valence electrons. The second-order valence-electron chi connectivity index (χ2n) is 3.94. The number of carbonyl (C=O) groups is 2. The lowest BCUT2D eigenvalue weighted by molar-refractivity contribution is -0.128. The van der Waals surface area contributed by atoms with Gasteiger partial charge in [0, 0.05) is 6.42 Å². The molecule has 0 aliphatic rings. The molecule has 2 amide bonds. The molecule has 0 aromatic heterocycles. The normalized spacial score (nSPS) is 13.7. The lowest BCUT2D eigenvalue weighted by atomic mass is 10.1. The molecule has 0 aliphatic carbocycles. The Morgan fingerprint density at radius 3 is 2.39 bits per heavy atom. The molecule has 6 N–H and O–H groups in total. The molecule has 1 aromatic carbocycles. The number of hydrogen-bond donors (Lipinski definition) is 4. The maximum atomic E-state index is 11.5. The van der Waals surface area contributed by atoms with E-state index in [1.165, 1.54) is 0 Å². The van der Waals surface area contributed by atoms with Crippen molar-refractivity contribution in [2.75, 3.05) is 6.61 Å². The number of primary amides is 1. The third-order valence-corrected chi connectivity index (χ3v) is 2.48. The molecular weight excluding hydrogens is 234 g/mol. The minimum atomic E-state index is -1.05. The van der Waals surface area contributed by atoms with E-state index in [0.29, 0.717) is 6.42 Å². The molecule has 0 spiro atoms. The summed E-state index contributed by atoms with van der Waals surface area (Å²) in [4.78, 5) is 22.7. The summed E-state index contributed by atoms with van der Waals surface area (Å²) in [6.45, 7) is -0.483. The first kappa shape index (κ1) is 14.1. The van der Waals surface area contributed by atoms with Crippen molar-refractivity contribution >= 4 is 11.8 Å². The molecule has 0 bridgehead atoms. The second kappa shape index (κ2) is 6.73. The van der Waals surface area contributed by atoms with E-state index in [0.717, 1.165) is 5.56 Å². The molecule has 6 nitrogen and oxygen atoms in total. The Balaban J connectivity index is 2.67. The molecular formula is C12H17N3O3. The fourth-order valence-corrected chi connectivity index (χ4v) is 1.43. The van der Waals surface area contributed by atoms with Crippen molar-refractivity contribution in [1.82, 2.24) is 5.32 Å². The van der Waals surface area contributed by atoms with Crippen LogP contribution in [0.5, 0.6) is 0 Å². The molecule has 0 fully saturated rings. The van der Waals surface area contributed by atoms with Crippen molar-refractivity contribution < 1.29 is 14.7 Å². The summed E-state index contributed by atoms with van der Waals surface area (Å²) in [6.07, 6.45) is 0.292. The standard InChI is InChI=1S/C12H17N3O3/c13-9(7-16)12(18)15-10(11(14)17)6-8-4-2-1-3-5-8/h1-5,9-10,16H,6-7,13H2,(H2,14,17)(H,15,18)/t9-,10+/m0/s1. The van der Waals surface area contributed by atoms with Crippen molar-refractivity contribution in [1.29, 1.82) is 0 Å². The molecule has 0 saturated carbocycles. The van der Waals surface area contributed by atoms with Gasteiger partial charge in [0.05, 0.1) is 6.61 Å². The number of nitrogens with two attached hydrogens (primary N) is 2. The van der Waals surface area contributed by atoms with E-state index in [2.05, 4.69) is 5.32 Å². The van der Waals surface area contributed by atoms with Crippen LogP contribution in [-0.4, -0.2) is 35.6 Å². The van der Waals surface area contributed by atoms with E-state index >= 15 is 0 Å². The van der Waals surface area contributed by atoms with Crippen molar-refractivity contribution in [3.8, 4) is 0 Å². The van der Waals surface area contributed by atoms with Crippen LogP contribution in [0, 0.1) is 0 Å². The summed E-state index contributed by atoms with van der Waals surface area (Å²) in [5.41, 5.74) is 11.4. The molecule has 1 aromatic rings. The van der Waals surface area contributed by atoms with Gasteiger partial charge in [0.25, 0.3) is 0 Å². The Hall–Kier alpha value is -1.92. The SMILES string of the molecule is NC(=O)[C@@H](Cc1ccccc1)NC(=O)[C@@H](N)CO. The summed E-state index contributed by atoms with van der Waals surface area (Å²) >= 11 is 0. The van der Waals surface area contributed by atoms with Gasteiger partial charge in [0.15, 0.2) is 0 Å². The van der Waals surface area contributed by atoms with Crippen molar-refractivity contribution in [3.63, 3.8) is 0 Å². The zero-order valence-electron chi connectivity index (χ0n) is 9.87. The number of carbonyl (C=O) groups excluding carboxylic acids is 2.